The van der Waals surface area contributed by atoms with Gasteiger partial charge in [0.2, 0.25) is 5.60 Å². The molecule has 0 radical (unpaired) electrons. The number of rotatable bonds is 0. The van der Waals surface area contributed by atoms with Crippen LogP contribution >= 0.6 is 0 Å². The van der Waals surface area contributed by atoms with Gasteiger partial charge < -0.3 is 9.84 Å². The van der Waals surface area contributed by atoms with Gasteiger partial charge in [0.15, 0.2) is 6.23 Å². The molecular weight excluding hydrogens is 418 g/mol. The summed E-state index contributed by atoms with van der Waals surface area (Å²) in [4.78, 5) is 0. The van der Waals surface area contributed by atoms with Gasteiger partial charge in [-0.2, -0.15) is 26.3 Å². The first-order valence-electron chi connectivity index (χ1n) is 10.3. The van der Waals surface area contributed by atoms with Crippen LogP contribution in [0.4, 0.5) is 26.3 Å². The first kappa shape index (κ1) is 24.0. The fourth-order valence-corrected chi connectivity index (χ4v) is 4.54. The predicted molar refractivity (Wildman–Crippen MR) is 95.7 cm³/mol. The number of hydrazine groups is 1. The van der Waals surface area contributed by atoms with E-state index in [2.05, 4.69) is 21.5 Å². The Morgan fingerprint density at radius 1 is 0.933 bits per heavy atom. The summed E-state index contributed by atoms with van der Waals surface area (Å²) in [6, 6.07) is -0.671. The molecular formula is C18H30F6N4O2. The molecule has 4 bridgehead atoms. The van der Waals surface area contributed by atoms with Crippen LogP contribution < -0.4 is 21.5 Å². The lowest BCUT2D eigenvalue weighted by atomic mass is 9.87. The smallest absolute Gasteiger partial charge is 0.377 e. The number of halogens is 6. The highest BCUT2D eigenvalue weighted by atomic mass is 19.4. The lowest BCUT2D eigenvalue weighted by Gasteiger charge is -2.44. The van der Waals surface area contributed by atoms with E-state index in [0.29, 0.717) is 19.3 Å². The second kappa shape index (κ2) is 8.36. The second-order valence-corrected chi connectivity index (χ2v) is 9.21. The van der Waals surface area contributed by atoms with Crippen molar-refractivity contribution < 1.29 is 36.2 Å². The van der Waals surface area contributed by atoms with Gasteiger partial charge in [0.25, 0.3) is 0 Å². The molecule has 3 heterocycles. The Labute approximate surface area is 171 Å². The number of alkyl halides is 6. The van der Waals surface area contributed by atoms with Gasteiger partial charge in [0.1, 0.15) is 6.23 Å². The molecule has 0 amide bonds. The molecule has 176 valence electrons. The summed E-state index contributed by atoms with van der Waals surface area (Å²) in [6.07, 6.45) is -12.4. The van der Waals surface area contributed by atoms with E-state index in [1.54, 1.807) is 13.8 Å². The van der Waals surface area contributed by atoms with Gasteiger partial charge in [-0.3, -0.25) is 10.6 Å². The Kier molecular flexibility index (Phi) is 6.69. The van der Waals surface area contributed by atoms with Crippen LogP contribution in [-0.4, -0.2) is 53.3 Å². The summed E-state index contributed by atoms with van der Waals surface area (Å²) >= 11 is 0. The molecule has 0 aliphatic carbocycles. The zero-order valence-electron chi connectivity index (χ0n) is 17.0. The number of nitrogens with one attached hydrogen (secondary N) is 4. The van der Waals surface area contributed by atoms with Crippen molar-refractivity contribution in [1.82, 2.24) is 21.5 Å². The second-order valence-electron chi connectivity index (χ2n) is 9.21. The number of hydrogen-bond donors (Lipinski definition) is 5. The Bertz CT molecular complexity index is 602. The Morgan fingerprint density at radius 2 is 1.60 bits per heavy atom. The number of ether oxygens (including phenoxy) is 1. The van der Waals surface area contributed by atoms with E-state index >= 15 is 0 Å². The SMILES string of the molecule is CC1(C)CCCCC[C@](O)(C(F)(F)F)C2NNC(O2)C2CCC(C(F)(F)F)C(N2)N1. The molecule has 0 saturated carbocycles. The van der Waals surface area contributed by atoms with E-state index in [-0.39, 0.29) is 19.3 Å². The molecule has 30 heavy (non-hydrogen) atoms. The van der Waals surface area contributed by atoms with Crippen LogP contribution in [0.2, 0.25) is 0 Å². The zero-order chi connectivity index (χ0) is 22.4. The molecule has 5 unspecified atom stereocenters. The number of fused-ring (bicyclic) bond motifs is 5. The van der Waals surface area contributed by atoms with Crippen molar-refractivity contribution in [2.24, 2.45) is 5.92 Å². The molecule has 3 fully saturated rings. The van der Waals surface area contributed by atoms with Gasteiger partial charge in [0.05, 0.1) is 12.1 Å². The third-order valence-corrected chi connectivity index (χ3v) is 6.34. The molecule has 12 heteroatoms. The fourth-order valence-electron chi connectivity index (χ4n) is 4.54. The normalized spacial score (nSPS) is 41.3. The van der Waals surface area contributed by atoms with Crippen LogP contribution in [0.5, 0.6) is 0 Å². The van der Waals surface area contributed by atoms with Gasteiger partial charge >= 0.3 is 12.4 Å². The van der Waals surface area contributed by atoms with Gasteiger partial charge in [-0.25, -0.2) is 10.9 Å². The Balaban J connectivity index is 1.86. The maximum Gasteiger partial charge on any atom is 0.421 e. The summed E-state index contributed by atoms with van der Waals surface area (Å²) in [6.45, 7) is 3.57. The lowest BCUT2D eigenvalue weighted by molar-refractivity contribution is -0.300. The predicted octanol–water partition coefficient (Wildman–Crippen LogP) is 2.65. The minimum Gasteiger partial charge on any atom is -0.377 e. The van der Waals surface area contributed by atoms with E-state index < -0.39 is 60.5 Å². The quantitative estimate of drug-likeness (QED) is 0.367. The van der Waals surface area contributed by atoms with E-state index in [0.717, 1.165) is 0 Å². The molecule has 3 rings (SSSR count). The highest BCUT2D eigenvalue weighted by Gasteiger charge is 2.61. The summed E-state index contributed by atoms with van der Waals surface area (Å²) in [5.74, 6) is -1.63. The van der Waals surface area contributed by atoms with Crippen molar-refractivity contribution in [1.29, 1.82) is 0 Å². The average Bonchev–Trinajstić information content (AvgIpc) is 3.08. The first-order valence-corrected chi connectivity index (χ1v) is 10.3. The highest BCUT2D eigenvalue weighted by molar-refractivity contribution is 4.99. The van der Waals surface area contributed by atoms with Crippen molar-refractivity contribution in [2.75, 3.05) is 0 Å². The Hall–Kier alpha value is -0.660. The lowest BCUT2D eigenvalue weighted by Crippen LogP contribution is -2.66. The van der Waals surface area contributed by atoms with Crippen molar-refractivity contribution in [3.05, 3.63) is 0 Å². The summed E-state index contributed by atoms with van der Waals surface area (Å²) in [5.41, 5.74) is 1.18. The van der Waals surface area contributed by atoms with Crippen LogP contribution in [-0.2, 0) is 4.74 Å². The van der Waals surface area contributed by atoms with Crippen molar-refractivity contribution >= 4 is 0 Å². The molecule has 6 atom stereocenters. The number of aliphatic hydroxyl groups is 1. The molecule has 3 saturated heterocycles. The molecule has 0 spiro atoms. The molecule has 3 aliphatic heterocycles. The minimum absolute atomic E-state index is 0.0549. The van der Waals surface area contributed by atoms with Gasteiger partial charge in [-0.15, -0.1) is 0 Å². The summed E-state index contributed by atoms with van der Waals surface area (Å²) < 4.78 is 87.2. The highest BCUT2D eigenvalue weighted by Crippen LogP contribution is 2.41. The molecule has 3 aliphatic rings. The third-order valence-electron chi connectivity index (χ3n) is 6.34. The number of hydrogen-bond acceptors (Lipinski definition) is 6. The largest absolute Gasteiger partial charge is 0.421 e. The van der Waals surface area contributed by atoms with E-state index in [1.165, 1.54) is 0 Å². The monoisotopic (exact) mass is 448 g/mol. The zero-order valence-corrected chi connectivity index (χ0v) is 17.0. The maximum atomic E-state index is 13.7. The standard InChI is InChI=1S/C18H30F6N4O2/c1-15(2)8-4-3-5-9-16(29,18(22,23)24)14-28-27-13(30-14)11-7-6-10(17(19,20)21)12(25-11)26-15/h10-14,25-29H,3-9H2,1-2H3/t10?,11?,12?,13?,14?,16-/m1/s1. The van der Waals surface area contributed by atoms with Crippen molar-refractivity contribution in [3.63, 3.8) is 0 Å². The molecule has 0 aromatic rings. The van der Waals surface area contributed by atoms with Crippen LogP contribution in [0.3, 0.4) is 0 Å². The molecule has 6 nitrogen and oxygen atoms in total. The van der Waals surface area contributed by atoms with Gasteiger partial charge in [-0.05, 0) is 39.5 Å². The van der Waals surface area contributed by atoms with E-state index in [4.69, 9.17) is 4.74 Å². The average molecular weight is 448 g/mol. The molecule has 5 N–H and O–H groups in total. The maximum absolute atomic E-state index is 13.7. The van der Waals surface area contributed by atoms with Crippen LogP contribution in [0, 0.1) is 5.92 Å². The summed E-state index contributed by atoms with van der Waals surface area (Å²) in [5, 5.41) is 16.4. The van der Waals surface area contributed by atoms with E-state index in [1.807, 2.05) is 0 Å². The van der Waals surface area contributed by atoms with Gasteiger partial charge in [-0.1, -0.05) is 19.3 Å². The fraction of sp³-hybridized carbons (Fsp3) is 1.00. The minimum atomic E-state index is -4.93. The first-order chi connectivity index (χ1) is 13.7. The van der Waals surface area contributed by atoms with E-state index in [9.17, 15) is 31.4 Å². The van der Waals surface area contributed by atoms with Gasteiger partial charge in [0, 0.05) is 11.6 Å². The molecule has 0 aromatic heterocycles. The van der Waals surface area contributed by atoms with Crippen LogP contribution in [0.15, 0.2) is 0 Å². The Morgan fingerprint density at radius 3 is 2.23 bits per heavy atom. The van der Waals surface area contributed by atoms with Crippen LogP contribution in [0.1, 0.15) is 58.8 Å². The third kappa shape index (κ3) is 5.04. The molecule has 0 aromatic carbocycles. The summed E-state index contributed by atoms with van der Waals surface area (Å²) in [7, 11) is 0. The van der Waals surface area contributed by atoms with Crippen molar-refractivity contribution in [3.8, 4) is 0 Å². The number of piperidine rings is 1. The van der Waals surface area contributed by atoms with Crippen molar-refractivity contribution in [2.45, 2.75) is 107 Å². The van der Waals surface area contributed by atoms with Crippen LogP contribution in [0.25, 0.3) is 0 Å². The topological polar surface area (TPSA) is 77.6 Å².